The minimum Gasteiger partial charge on any atom is -0.393 e. The predicted octanol–water partition coefficient (Wildman–Crippen LogP) is 1.15. The van der Waals surface area contributed by atoms with Crippen molar-refractivity contribution >= 4 is 0 Å². The average molecular weight is 169 g/mol. The van der Waals surface area contributed by atoms with Gasteiger partial charge in [0, 0.05) is 19.0 Å². The van der Waals surface area contributed by atoms with Gasteiger partial charge in [0.25, 0.3) is 0 Å². The van der Waals surface area contributed by atoms with Crippen molar-refractivity contribution < 1.29 is 5.11 Å². The lowest BCUT2D eigenvalue weighted by molar-refractivity contribution is 0.171. The average Bonchev–Trinajstić information content (AvgIpc) is 1.97. The molecular formula is C10H19NO. The van der Waals surface area contributed by atoms with Crippen LogP contribution in [-0.4, -0.2) is 23.8 Å². The molecule has 0 aromatic rings. The van der Waals surface area contributed by atoms with E-state index in [1.165, 1.54) is 0 Å². The van der Waals surface area contributed by atoms with E-state index in [-0.39, 0.29) is 6.10 Å². The molecular weight excluding hydrogens is 150 g/mol. The summed E-state index contributed by atoms with van der Waals surface area (Å²) >= 11 is 0. The molecule has 0 aromatic heterocycles. The maximum absolute atomic E-state index is 9.06. The number of nitrogens with one attached hydrogen (secondary N) is 1. The number of aliphatic hydroxyl groups excluding tert-OH is 1. The van der Waals surface area contributed by atoms with Crippen LogP contribution in [0.1, 0.15) is 33.6 Å². The molecule has 0 heterocycles. The van der Waals surface area contributed by atoms with Gasteiger partial charge in [0.2, 0.25) is 0 Å². The summed E-state index contributed by atoms with van der Waals surface area (Å²) in [6.07, 6.45) is 1.48. The Balaban J connectivity index is 3.29. The topological polar surface area (TPSA) is 32.3 Å². The van der Waals surface area contributed by atoms with Gasteiger partial charge in [-0.05, 0) is 27.2 Å². The molecule has 0 rings (SSSR count). The molecule has 2 heteroatoms. The van der Waals surface area contributed by atoms with Crippen LogP contribution in [0.15, 0.2) is 0 Å². The fraction of sp³-hybridized carbons (Fsp3) is 0.800. The van der Waals surface area contributed by atoms with E-state index in [1.54, 1.807) is 0 Å². The zero-order valence-corrected chi connectivity index (χ0v) is 8.22. The van der Waals surface area contributed by atoms with Crippen molar-refractivity contribution in [2.24, 2.45) is 0 Å². The Morgan fingerprint density at radius 2 is 2.08 bits per heavy atom. The largest absolute Gasteiger partial charge is 0.393 e. The number of hydrogen-bond donors (Lipinski definition) is 2. The van der Waals surface area contributed by atoms with Gasteiger partial charge in [0.15, 0.2) is 0 Å². The van der Waals surface area contributed by atoms with Crippen LogP contribution < -0.4 is 5.32 Å². The van der Waals surface area contributed by atoms with Crippen molar-refractivity contribution in [3.05, 3.63) is 0 Å². The van der Waals surface area contributed by atoms with Crippen molar-refractivity contribution in [2.75, 3.05) is 6.54 Å². The Hall–Kier alpha value is -0.520. The number of aliphatic hydroxyl groups is 1. The minimum absolute atomic E-state index is 0.218. The molecule has 70 valence electrons. The fourth-order valence-corrected chi connectivity index (χ4v) is 1.10. The smallest absolute Gasteiger partial charge is 0.0526 e. The van der Waals surface area contributed by atoms with E-state index in [0.717, 1.165) is 19.4 Å². The van der Waals surface area contributed by atoms with E-state index in [0.29, 0.717) is 6.04 Å². The first-order valence-electron chi connectivity index (χ1n) is 4.48. The Morgan fingerprint density at radius 3 is 2.58 bits per heavy atom. The monoisotopic (exact) mass is 169 g/mol. The molecule has 0 spiro atoms. The first-order valence-corrected chi connectivity index (χ1v) is 4.48. The van der Waals surface area contributed by atoms with Crippen LogP contribution in [0.4, 0.5) is 0 Å². The normalized spacial score (nSPS) is 14.7. The molecule has 0 aliphatic rings. The van der Waals surface area contributed by atoms with Gasteiger partial charge in [-0.1, -0.05) is 0 Å². The fourth-order valence-electron chi connectivity index (χ4n) is 1.10. The Bertz CT molecular complexity index is 155. The quantitative estimate of drug-likeness (QED) is 0.478. The molecule has 0 aliphatic heterocycles. The minimum atomic E-state index is -0.218. The lowest BCUT2D eigenvalue weighted by atomic mass is 10.1. The van der Waals surface area contributed by atoms with Crippen LogP contribution in [0.3, 0.4) is 0 Å². The van der Waals surface area contributed by atoms with Crippen LogP contribution in [0.5, 0.6) is 0 Å². The Kier molecular flexibility index (Phi) is 6.84. The molecule has 2 nitrogen and oxygen atoms in total. The van der Waals surface area contributed by atoms with Crippen LogP contribution in [0, 0.1) is 11.8 Å². The summed E-state index contributed by atoms with van der Waals surface area (Å²) in [6, 6.07) is 0.378. The second kappa shape index (κ2) is 7.15. The summed E-state index contributed by atoms with van der Waals surface area (Å²) in [5.74, 6) is 5.82. The Labute approximate surface area is 75.4 Å². The summed E-state index contributed by atoms with van der Waals surface area (Å²) in [5.41, 5.74) is 0. The molecule has 0 radical (unpaired) electrons. The van der Waals surface area contributed by atoms with Gasteiger partial charge < -0.3 is 10.4 Å². The highest BCUT2D eigenvalue weighted by atomic mass is 16.3. The van der Waals surface area contributed by atoms with Gasteiger partial charge in [0.1, 0.15) is 0 Å². The van der Waals surface area contributed by atoms with Crippen molar-refractivity contribution in [3.8, 4) is 11.8 Å². The second-order valence-electron chi connectivity index (χ2n) is 3.12. The zero-order valence-electron chi connectivity index (χ0n) is 8.22. The van der Waals surface area contributed by atoms with Gasteiger partial charge in [-0.25, -0.2) is 0 Å². The van der Waals surface area contributed by atoms with Crippen molar-refractivity contribution in [1.82, 2.24) is 5.32 Å². The van der Waals surface area contributed by atoms with Crippen LogP contribution in [-0.2, 0) is 0 Å². The third kappa shape index (κ3) is 7.59. The first kappa shape index (κ1) is 11.5. The summed E-state index contributed by atoms with van der Waals surface area (Å²) in [5, 5.41) is 12.3. The zero-order chi connectivity index (χ0) is 9.40. The van der Waals surface area contributed by atoms with Gasteiger partial charge in [-0.3, -0.25) is 0 Å². The molecule has 0 amide bonds. The lowest BCUT2D eigenvalue weighted by Gasteiger charge is -2.13. The molecule has 0 saturated heterocycles. The van der Waals surface area contributed by atoms with E-state index in [2.05, 4.69) is 24.1 Å². The first-order chi connectivity index (χ1) is 5.66. The molecule has 2 N–H and O–H groups in total. The van der Waals surface area contributed by atoms with Gasteiger partial charge in [-0.15, -0.1) is 11.8 Å². The maximum Gasteiger partial charge on any atom is 0.0526 e. The highest BCUT2D eigenvalue weighted by Crippen LogP contribution is 1.95. The van der Waals surface area contributed by atoms with E-state index < -0.39 is 0 Å². The van der Waals surface area contributed by atoms with Gasteiger partial charge in [0.05, 0.1) is 6.10 Å². The second-order valence-corrected chi connectivity index (χ2v) is 3.12. The number of hydrogen-bond acceptors (Lipinski definition) is 2. The van der Waals surface area contributed by atoms with Gasteiger partial charge in [-0.2, -0.15) is 0 Å². The maximum atomic E-state index is 9.06. The predicted molar refractivity (Wildman–Crippen MR) is 51.8 cm³/mol. The molecule has 2 atom stereocenters. The summed E-state index contributed by atoms with van der Waals surface area (Å²) in [4.78, 5) is 0. The SMILES string of the molecule is CC#CCCNC(C)CC(C)O. The van der Waals surface area contributed by atoms with Crippen molar-refractivity contribution in [2.45, 2.75) is 45.8 Å². The Morgan fingerprint density at radius 1 is 1.42 bits per heavy atom. The standard InChI is InChI=1S/C10H19NO/c1-4-5-6-7-11-9(2)8-10(3)12/h9-12H,6-8H2,1-3H3. The highest BCUT2D eigenvalue weighted by molar-refractivity contribution is 4.95. The van der Waals surface area contributed by atoms with Crippen LogP contribution >= 0.6 is 0 Å². The third-order valence-corrected chi connectivity index (χ3v) is 1.61. The molecule has 0 fully saturated rings. The highest BCUT2D eigenvalue weighted by Gasteiger charge is 2.03. The number of rotatable bonds is 5. The van der Waals surface area contributed by atoms with Crippen LogP contribution in [0.2, 0.25) is 0 Å². The molecule has 0 aromatic carbocycles. The molecule has 0 saturated carbocycles. The molecule has 12 heavy (non-hydrogen) atoms. The summed E-state index contributed by atoms with van der Waals surface area (Å²) in [7, 11) is 0. The van der Waals surface area contributed by atoms with E-state index in [9.17, 15) is 0 Å². The van der Waals surface area contributed by atoms with E-state index >= 15 is 0 Å². The summed E-state index contributed by atoms with van der Waals surface area (Å²) in [6.45, 7) is 6.64. The van der Waals surface area contributed by atoms with Crippen LogP contribution in [0.25, 0.3) is 0 Å². The van der Waals surface area contributed by atoms with Crippen molar-refractivity contribution in [1.29, 1.82) is 0 Å². The molecule has 0 bridgehead atoms. The summed E-state index contributed by atoms with van der Waals surface area (Å²) < 4.78 is 0. The lowest BCUT2D eigenvalue weighted by Crippen LogP contribution is -2.29. The third-order valence-electron chi connectivity index (χ3n) is 1.61. The van der Waals surface area contributed by atoms with E-state index in [4.69, 9.17) is 5.11 Å². The molecule has 0 aliphatic carbocycles. The molecule has 2 unspecified atom stereocenters. The van der Waals surface area contributed by atoms with Crippen molar-refractivity contribution in [3.63, 3.8) is 0 Å². The van der Waals surface area contributed by atoms with Gasteiger partial charge >= 0.3 is 0 Å². The van der Waals surface area contributed by atoms with E-state index in [1.807, 2.05) is 13.8 Å².